The Labute approximate surface area is 122 Å². The second-order valence-corrected chi connectivity index (χ2v) is 4.52. The van der Waals surface area contributed by atoms with E-state index in [2.05, 4.69) is 5.32 Å². The summed E-state index contributed by atoms with van der Waals surface area (Å²) < 4.78 is 5.52. The lowest BCUT2D eigenvalue weighted by Crippen LogP contribution is -2.13. The maximum absolute atomic E-state index is 11.1. The highest BCUT2D eigenvalue weighted by molar-refractivity contribution is 6.31. The van der Waals surface area contributed by atoms with Crippen LogP contribution in [0, 0.1) is 0 Å². The first-order valence-electron chi connectivity index (χ1n) is 6.11. The van der Waals surface area contributed by atoms with Crippen LogP contribution < -0.4 is 10.1 Å². The summed E-state index contributed by atoms with van der Waals surface area (Å²) in [7, 11) is 0. The third-order valence-corrected chi connectivity index (χ3v) is 2.88. The van der Waals surface area contributed by atoms with Gasteiger partial charge in [-0.3, -0.25) is 0 Å². The van der Waals surface area contributed by atoms with Crippen molar-refractivity contribution >= 4 is 23.3 Å². The standard InChI is InChI=1S/C15H14ClNO3/c16-11-6-7-14(13(10-11)15(18)19)17-8-9-20-12-4-2-1-3-5-12/h1-7,10,17H,8-9H2,(H,18,19). The number of aromatic carboxylic acids is 1. The Morgan fingerprint density at radius 2 is 1.95 bits per heavy atom. The monoisotopic (exact) mass is 291 g/mol. The Hall–Kier alpha value is -2.20. The van der Waals surface area contributed by atoms with Gasteiger partial charge in [-0.05, 0) is 30.3 Å². The highest BCUT2D eigenvalue weighted by Crippen LogP contribution is 2.20. The van der Waals surface area contributed by atoms with Crippen LogP contribution in [-0.2, 0) is 0 Å². The average Bonchev–Trinajstić information content (AvgIpc) is 2.45. The van der Waals surface area contributed by atoms with Gasteiger partial charge in [-0.1, -0.05) is 29.8 Å². The first-order valence-corrected chi connectivity index (χ1v) is 6.49. The van der Waals surface area contributed by atoms with E-state index in [1.165, 1.54) is 6.07 Å². The second-order valence-electron chi connectivity index (χ2n) is 4.08. The van der Waals surface area contributed by atoms with E-state index in [1.54, 1.807) is 12.1 Å². The molecule has 0 aliphatic rings. The summed E-state index contributed by atoms with van der Waals surface area (Å²) in [6.07, 6.45) is 0. The van der Waals surface area contributed by atoms with Crippen LogP contribution in [0.2, 0.25) is 5.02 Å². The number of rotatable bonds is 6. The van der Waals surface area contributed by atoms with Crippen molar-refractivity contribution in [2.24, 2.45) is 0 Å². The Kier molecular flexibility index (Phi) is 4.85. The maximum atomic E-state index is 11.1. The summed E-state index contributed by atoms with van der Waals surface area (Å²) >= 11 is 5.79. The highest BCUT2D eigenvalue weighted by atomic mass is 35.5. The van der Waals surface area contributed by atoms with Gasteiger partial charge in [0, 0.05) is 17.3 Å². The zero-order chi connectivity index (χ0) is 14.4. The molecule has 0 aromatic heterocycles. The van der Waals surface area contributed by atoms with Gasteiger partial charge in [0.15, 0.2) is 0 Å². The van der Waals surface area contributed by atoms with E-state index in [9.17, 15) is 4.79 Å². The number of anilines is 1. The fourth-order valence-corrected chi connectivity index (χ4v) is 1.89. The number of carboxylic acids is 1. The summed E-state index contributed by atoms with van der Waals surface area (Å²) in [5, 5.41) is 12.5. The predicted octanol–water partition coefficient (Wildman–Crippen LogP) is 3.53. The molecule has 0 saturated heterocycles. The van der Waals surface area contributed by atoms with Gasteiger partial charge in [0.1, 0.15) is 12.4 Å². The van der Waals surface area contributed by atoms with Gasteiger partial charge in [0.05, 0.1) is 5.56 Å². The van der Waals surface area contributed by atoms with Gasteiger partial charge in [-0.15, -0.1) is 0 Å². The van der Waals surface area contributed by atoms with E-state index in [0.29, 0.717) is 23.9 Å². The molecule has 0 unspecified atom stereocenters. The molecule has 2 aromatic rings. The lowest BCUT2D eigenvalue weighted by Gasteiger charge is -2.11. The molecular formula is C15H14ClNO3. The van der Waals surface area contributed by atoms with Gasteiger partial charge in [-0.2, -0.15) is 0 Å². The summed E-state index contributed by atoms with van der Waals surface area (Å²) in [6.45, 7) is 0.933. The van der Waals surface area contributed by atoms with Crippen molar-refractivity contribution in [3.63, 3.8) is 0 Å². The third kappa shape index (κ3) is 3.90. The van der Waals surface area contributed by atoms with E-state index < -0.39 is 5.97 Å². The van der Waals surface area contributed by atoms with E-state index in [0.717, 1.165) is 5.75 Å². The third-order valence-electron chi connectivity index (χ3n) is 2.64. The molecule has 0 fully saturated rings. The highest BCUT2D eigenvalue weighted by Gasteiger charge is 2.10. The van der Waals surface area contributed by atoms with Gasteiger partial charge in [0.25, 0.3) is 0 Å². The van der Waals surface area contributed by atoms with Crippen LogP contribution in [0.1, 0.15) is 10.4 Å². The minimum Gasteiger partial charge on any atom is -0.492 e. The van der Waals surface area contributed by atoms with E-state index in [-0.39, 0.29) is 5.56 Å². The molecule has 2 aromatic carbocycles. The molecule has 0 saturated carbocycles. The van der Waals surface area contributed by atoms with Crippen molar-refractivity contribution < 1.29 is 14.6 Å². The molecule has 5 heteroatoms. The minimum absolute atomic E-state index is 0.150. The lowest BCUT2D eigenvalue weighted by atomic mass is 10.2. The van der Waals surface area contributed by atoms with Crippen LogP contribution in [0.5, 0.6) is 5.75 Å². The van der Waals surface area contributed by atoms with Crippen LogP contribution >= 0.6 is 11.6 Å². The van der Waals surface area contributed by atoms with E-state index >= 15 is 0 Å². The zero-order valence-corrected chi connectivity index (χ0v) is 11.4. The first kappa shape index (κ1) is 14.2. The second kappa shape index (κ2) is 6.82. The van der Waals surface area contributed by atoms with Crippen molar-refractivity contribution in [1.29, 1.82) is 0 Å². The molecule has 0 aliphatic carbocycles. The molecular weight excluding hydrogens is 278 g/mol. The number of carboxylic acid groups (broad SMARTS) is 1. The molecule has 2 rings (SSSR count). The summed E-state index contributed by atoms with van der Waals surface area (Å²) in [5.41, 5.74) is 0.677. The van der Waals surface area contributed by atoms with Crippen LogP contribution in [-0.4, -0.2) is 24.2 Å². The number of ether oxygens (including phenoxy) is 1. The van der Waals surface area contributed by atoms with Crippen molar-refractivity contribution in [2.45, 2.75) is 0 Å². The largest absolute Gasteiger partial charge is 0.492 e. The Balaban J connectivity index is 1.90. The van der Waals surface area contributed by atoms with Crippen molar-refractivity contribution in [2.75, 3.05) is 18.5 Å². The van der Waals surface area contributed by atoms with Gasteiger partial charge in [-0.25, -0.2) is 4.79 Å². The first-order chi connectivity index (χ1) is 9.66. The molecule has 20 heavy (non-hydrogen) atoms. The molecule has 4 nitrogen and oxygen atoms in total. The number of halogens is 1. The average molecular weight is 292 g/mol. The van der Waals surface area contributed by atoms with Crippen molar-refractivity contribution in [1.82, 2.24) is 0 Å². The molecule has 0 radical (unpaired) electrons. The SMILES string of the molecule is O=C(O)c1cc(Cl)ccc1NCCOc1ccccc1. The van der Waals surface area contributed by atoms with Gasteiger partial charge < -0.3 is 15.2 Å². The number of carbonyl (C=O) groups is 1. The van der Waals surface area contributed by atoms with Crippen molar-refractivity contribution in [3.05, 3.63) is 59.1 Å². The fraction of sp³-hybridized carbons (Fsp3) is 0.133. The minimum atomic E-state index is -1.01. The predicted molar refractivity (Wildman–Crippen MR) is 78.8 cm³/mol. The molecule has 0 bridgehead atoms. The van der Waals surface area contributed by atoms with Gasteiger partial charge >= 0.3 is 5.97 Å². The molecule has 0 spiro atoms. The van der Waals surface area contributed by atoms with Gasteiger partial charge in [0.2, 0.25) is 0 Å². The van der Waals surface area contributed by atoms with Crippen LogP contribution in [0.25, 0.3) is 0 Å². The Bertz CT molecular complexity index is 587. The van der Waals surface area contributed by atoms with Crippen LogP contribution in [0.15, 0.2) is 48.5 Å². The Morgan fingerprint density at radius 1 is 1.20 bits per heavy atom. The van der Waals surface area contributed by atoms with Crippen LogP contribution in [0.3, 0.4) is 0 Å². The summed E-state index contributed by atoms with van der Waals surface area (Å²) in [5.74, 6) is -0.233. The number of para-hydroxylation sites is 1. The quantitative estimate of drug-likeness (QED) is 0.799. The number of benzene rings is 2. The lowest BCUT2D eigenvalue weighted by molar-refractivity contribution is 0.0698. The summed E-state index contributed by atoms with van der Waals surface area (Å²) in [6, 6.07) is 14.1. The van der Waals surface area contributed by atoms with E-state index in [4.69, 9.17) is 21.4 Å². The van der Waals surface area contributed by atoms with E-state index in [1.807, 2.05) is 30.3 Å². The maximum Gasteiger partial charge on any atom is 0.337 e. The summed E-state index contributed by atoms with van der Waals surface area (Å²) in [4.78, 5) is 11.1. The molecule has 2 N–H and O–H groups in total. The molecule has 0 heterocycles. The molecule has 0 amide bonds. The number of hydrogen-bond donors (Lipinski definition) is 2. The Morgan fingerprint density at radius 3 is 2.65 bits per heavy atom. The smallest absolute Gasteiger partial charge is 0.337 e. The van der Waals surface area contributed by atoms with Crippen LogP contribution in [0.4, 0.5) is 5.69 Å². The number of nitrogens with one attached hydrogen (secondary N) is 1. The number of hydrogen-bond acceptors (Lipinski definition) is 3. The topological polar surface area (TPSA) is 58.6 Å². The normalized spacial score (nSPS) is 10.1. The van der Waals surface area contributed by atoms with Crippen molar-refractivity contribution in [3.8, 4) is 5.75 Å². The fourth-order valence-electron chi connectivity index (χ4n) is 1.72. The molecule has 104 valence electrons. The zero-order valence-electron chi connectivity index (χ0n) is 10.7. The molecule has 0 atom stereocenters. The molecule has 0 aliphatic heterocycles.